The zero-order valence-electron chi connectivity index (χ0n) is 16.1. The minimum atomic E-state index is -0.146. The van der Waals surface area contributed by atoms with Gasteiger partial charge in [-0.25, -0.2) is 4.39 Å². The third-order valence-corrected chi connectivity index (χ3v) is 5.64. The Morgan fingerprint density at radius 3 is 2.62 bits per heavy atom. The molecule has 1 saturated carbocycles. The van der Waals surface area contributed by atoms with Crippen LogP contribution in [-0.4, -0.2) is 5.78 Å². The summed E-state index contributed by atoms with van der Waals surface area (Å²) in [6.45, 7) is 6.40. The Balaban J connectivity index is 1.77. The molecule has 2 aromatic carbocycles. The average Bonchev–Trinajstić information content (AvgIpc) is 3.01. The molecular formula is C24H29FO. The fourth-order valence-electron chi connectivity index (χ4n) is 4.25. The first kappa shape index (κ1) is 18.8. The van der Waals surface area contributed by atoms with E-state index in [1.165, 1.54) is 12.0 Å². The fourth-order valence-corrected chi connectivity index (χ4v) is 4.25. The van der Waals surface area contributed by atoms with Crippen LogP contribution in [0.5, 0.6) is 0 Å². The molecule has 1 nitrogen and oxygen atoms in total. The van der Waals surface area contributed by atoms with Crippen LogP contribution >= 0.6 is 0 Å². The minimum absolute atomic E-state index is 0.0788. The predicted octanol–water partition coefficient (Wildman–Crippen LogP) is 6.42. The predicted molar refractivity (Wildman–Crippen MR) is 105 cm³/mol. The summed E-state index contributed by atoms with van der Waals surface area (Å²) in [4.78, 5) is 12.8. The van der Waals surface area contributed by atoms with E-state index >= 15 is 0 Å². The molecule has 0 aliphatic heterocycles. The molecule has 0 heterocycles. The second-order valence-electron chi connectivity index (χ2n) is 7.98. The van der Waals surface area contributed by atoms with Crippen molar-refractivity contribution in [2.24, 2.45) is 5.92 Å². The fraction of sp³-hybridized carbons (Fsp3) is 0.458. The Bertz CT molecular complexity index is 793. The maximum absolute atomic E-state index is 14.6. The molecule has 3 rings (SSSR count). The average molecular weight is 352 g/mol. The molecule has 0 amide bonds. The SMILES string of the molecule is CCCc1cc(C)ccc1C(=O)Cc1ccc(C2CC[C@@H](C)C2)c(F)c1. The molecule has 0 saturated heterocycles. The lowest BCUT2D eigenvalue weighted by atomic mass is 9.92. The van der Waals surface area contributed by atoms with Gasteiger partial charge in [-0.15, -0.1) is 0 Å². The Morgan fingerprint density at radius 2 is 1.96 bits per heavy atom. The van der Waals surface area contributed by atoms with Crippen LogP contribution in [0.15, 0.2) is 36.4 Å². The van der Waals surface area contributed by atoms with Gasteiger partial charge in [0.2, 0.25) is 0 Å². The van der Waals surface area contributed by atoms with Crippen LogP contribution in [0.25, 0.3) is 0 Å². The van der Waals surface area contributed by atoms with E-state index in [0.29, 0.717) is 11.8 Å². The van der Waals surface area contributed by atoms with Gasteiger partial charge >= 0.3 is 0 Å². The molecule has 1 unspecified atom stereocenters. The van der Waals surface area contributed by atoms with Gasteiger partial charge in [-0.2, -0.15) is 0 Å². The molecule has 0 radical (unpaired) electrons. The largest absolute Gasteiger partial charge is 0.294 e. The number of halogens is 1. The number of Topliss-reactive ketones (excluding diaryl/α,β-unsaturated/α-hetero) is 1. The van der Waals surface area contributed by atoms with Crippen LogP contribution in [0.1, 0.15) is 78.1 Å². The summed E-state index contributed by atoms with van der Waals surface area (Å²) in [5.41, 5.74) is 4.66. The lowest BCUT2D eigenvalue weighted by Gasteiger charge is -2.13. The molecular weight excluding hydrogens is 323 g/mol. The van der Waals surface area contributed by atoms with E-state index < -0.39 is 0 Å². The number of carbonyl (C=O) groups is 1. The highest BCUT2D eigenvalue weighted by molar-refractivity contribution is 5.99. The van der Waals surface area contributed by atoms with Crippen molar-refractivity contribution in [1.82, 2.24) is 0 Å². The zero-order valence-corrected chi connectivity index (χ0v) is 16.1. The Morgan fingerprint density at radius 1 is 1.15 bits per heavy atom. The van der Waals surface area contributed by atoms with Crippen LogP contribution in [0.2, 0.25) is 0 Å². The summed E-state index contributed by atoms with van der Waals surface area (Å²) in [6, 6.07) is 11.4. The number of benzene rings is 2. The highest BCUT2D eigenvalue weighted by Crippen LogP contribution is 2.39. The lowest BCUT2D eigenvalue weighted by Crippen LogP contribution is -2.08. The summed E-state index contributed by atoms with van der Waals surface area (Å²) in [6.07, 6.45) is 5.48. The van der Waals surface area contributed by atoms with Gasteiger partial charge < -0.3 is 0 Å². The molecule has 0 bridgehead atoms. The van der Waals surface area contributed by atoms with E-state index in [-0.39, 0.29) is 18.0 Å². The van der Waals surface area contributed by atoms with E-state index in [4.69, 9.17) is 0 Å². The monoisotopic (exact) mass is 352 g/mol. The molecule has 2 heteroatoms. The Hall–Kier alpha value is -1.96. The summed E-state index contributed by atoms with van der Waals surface area (Å²) in [7, 11) is 0. The highest BCUT2D eigenvalue weighted by atomic mass is 19.1. The number of aryl methyl sites for hydroxylation is 2. The van der Waals surface area contributed by atoms with Crippen LogP contribution in [-0.2, 0) is 12.8 Å². The number of rotatable bonds is 6. The Kier molecular flexibility index (Phi) is 5.90. The lowest BCUT2D eigenvalue weighted by molar-refractivity contribution is 0.0992. The molecule has 0 N–H and O–H groups in total. The third kappa shape index (κ3) is 4.23. The van der Waals surface area contributed by atoms with Crippen molar-refractivity contribution in [3.05, 3.63) is 70.0 Å². The number of carbonyl (C=O) groups excluding carboxylic acids is 1. The topological polar surface area (TPSA) is 17.1 Å². The van der Waals surface area contributed by atoms with E-state index in [9.17, 15) is 9.18 Å². The molecule has 2 atom stereocenters. The molecule has 0 spiro atoms. The van der Waals surface area contributed by atoms with Crippen molar-refractivity contribution in [2.45, 2.75) is 65.2 Å². The first-order chi connectivity index (χ1) is 12.5. The van der Waals surface area contributed by atoms with Gasteiger partial charge in [0.15, 0.2) is 5.78 Å². The van der Waals surface area contributed by atoms with Gasteiger partial charge in [0.1, 0.15) is 5.82 Å². The third-order valence-electron chi connectivity index (χ3n) is 5.64. The first-order valence-electron chi connectivity index (χ1n) is 9.89. The molecule has 26 heavy (non-hydrogen) atoms. The number of hydrogen-bond acceptors (Lipinski definition) is 1. The van der Waals surface area contributed by atoms with Crippen molar-refractivity contribution in [2.75, 3.05) is 0 Å². The summed E-state index contributed by atoms with van der Waals surface area (Å²) in [5.74, 6) is 0.948. The standard InChI is InChI=1S/C24H29FO/c1-4-5-19-12-17(3)7-10-22(19)24(26)15-18-8-11-21(23(25)14-18)20-9-6-16(2)13-20/h7-8,10-12,14,16,20H,4-6,9,13,15H2,1-3H3/t16-,20?/m1/s1. The first-order valence-corrected chi connectivity index (χ1v) is 9.89. The van der Waals surface area contributed by atoms with E-state index in [2.05, 4.69) is 19.9 Å². The zero-order chi connectivity index (χ0) is 18.7. The van der Waals surface area contributed by atoms with Gasteiger partial charge in [-0.05, 0) is 60.8 Å². The second-order valence-corrected chi connectivity index (χ2v) is 7.98. The number of ketones is 1. The van der Waals surface area contributed by atoms with Gasteiger partial charge in [0, 0.05) is 12.0 Å². The molecule has 2 aromatic rings. The molecule has 1 aliphatic rings. The van der Waals surface area contributed by atoms with E-state index in [1.807, 2.05) is 31.2 Å². The summed E-state index contributed by atoms with van der Waals surface area (Å²) >= 11 is 0. The van der Waals surface area contributed by atoms with Crippen LogP contribution in [0.4, 0.5) is 4.39 Å². The smallest absolute Gasteiger partial charge is 0.167 e. The van der Waals surface area contributed by atoms with Crippen molar-refractivity contribution in [3.8, 4) is 0 Å². The minimum Gasteiger partial charge on any atom is -0.294 e. The van der Waals surface area contributed by atoms with Crippen LogP contribution < -0.4 is 0 Å². The maximum Gasteiger partial charge on any atom is 0.167 e. The molecule has 0 aromatic heterocycles. The maximum atomic E-state index is 14.6. The van der Waals surface area contributed by atoms with Gasteiger partial charge in [0.25, 0.3) is 0 Å². The van der Waals surface area contributed by atoms with Gasteiger partial charge in [-0.3, -0.25) is 4.79 Å². The van der Waals surface area contributed by atoms with Crippen LogP contribution in [0, 0.1) is 18.7 Å². The molecule has 1 aliphatic carbocycles. The van der Waals surface area contributed by atoms with Crippen LogP contribution in [0.3, 0.4) is 0 Å². The molecule has 138 valence electrons. The van der Waals surface area contributed by atoms with Gasteiger partial charge in [0.05, 0.1) is 0 Å². The van der Waals surface area contributed by atoms with Gasteiger partial charge in [-0.1, -0.05) is 62.6 Å². The summed E-state index contributed by atoms with van der Waals surface area (Å²) in [5, 5.41) is 0. The van der Waals surface area contributed by atoms with Crippen molar-refractivity contribution in [3.63, 3.8) is 0 Å². The van der Waals surface area contributed by atoms with Crippen molar-refractivity contribution >= 4 is 5.78 Å². The Labute approximate surface area is 156 Å². The van der Waals surface area contributed by atoms with Crippen molar-refractivity contribution < 1.29 is 9.18 Å². The summed E-state index contributed by atoms with van der Waals surface area (Å²) < 4.78 is 14.6. The highest BCUT2D eigenvalue weighted by Gasteiger charge is 2.25. The number of hydrogen-bond donors (Lipinski definition) is 0. The second kappa shape index (κ2) is 8.16. The molecule has 1 fully saturated rings. The quantitative estimate of drug-likeness (QED) is 0.549. The van der Waals surface area contributed by atoms with E-state index in [0.717, 1.165) is 47.9 Å². The van der Waals surface area contributed by atoms with Crippen molar-refractivity contribution in [1.29, 1.82) is 0 Å². The van der Waals surface area contributed by atoms with E-state index in [1.54, 1.807) is 6.07 Å². The normalized spacial score (nSPS) is 19.7.